The Balaban J connectivity index is 1.70. The van der Waals surface area contributed by atoms with E-state index in [1.165, 1.54) is 0 Å². The van der Waals surface area contributed by atoms with Gasteiger partial charge in [-0.1, -0.05) is 25.7 Å². The van der Waals surface area contributed by atoms with Gasteiger partial charge >= 0.3 is 0 Å². The molecule has 178 valence electrons. The van der Waals surface area contributed by atoms with Crippen molar-refractivity contribution in [3.05, 3.63) is 11.1 Å². The maximum Gasteiger partial charge on any atom is 0.243 e. The second-order valence-corrected chi connectivity index (χ2v) is 9.05. The Kier molecular flexibility index (Phi) is 8.44. The lowest BCUT2D eigenvalue weighted by molar-refractivity contribution is -0.154. The van der Waals surface area contributed by atoms with Crippen LogP contribution in [0.15, 0.2) is 0 Å². The number of hydrogen-bond donors (Lipinski definition) is 3. The van der Waals surface area contributed by atoms with Crippen LogP contribution in [0.4, 0.5) is 16.0 Å². The van der Waals surface area contributed by atoms with Gasteiger partial charge in [0.1, 0.15) is 0 Å². The van der Waals surface area contributed by atoms with Crippen molar-refractivity contribution in [2.45, 2.75) is 45.1 Å². The first-order chi connectivity index (χ1) is 15.3. The van der Waals surface area contributed by atoms with Crippen LogP contribution >= 0.6 is 11.6 Å². The minimum atomic E-state index is -0.713. The minimum Gasteiger partial charge on any atom is -0.349 e. The maximum atomic E-state index is 15.2. The number of hydroxylamine groups is 2. The van der Waals surface area contributed by atoms with Crippen molar-refractivity contribution in [3.8, 4) is 0 Å². The minimum absolute atomic E-state index is 0.0197. The Morgan fingerprint density at radius 3 is 2.75 bits per heavy atom. The molecule has 1 aromatic heterocycles. The van der Waals surface area contributed by atoms with Crippen molar-refractivity contribution >= 4 is 35.6 Å². The standard InChI is InChI=1S/C20H31ClFN7O3/c1-13-10-27(2)7-8-29(13)18-16(22)17(23-20(21)24-18)25-26-19(31)15(11-28(32)12-30)9-14-5-3-4-6-14/h12-15,32H,3-11H2,1-2H3,(H,26,31)(H,23,24,25)/t13-,15+/m1/s1. The molecule has 2 atom stereocenters. The number of likely N-dealkylation sites (N-methyl/N-ethyl adjacent to an activating group) is 1. The third kappa shape index (κ3) is 6.17. The highest BCUT2D eigenvalue weighted by molar-refractivity contribution is 6.28. The quantitative estimate of drug-likeness (QED) is 0.216. The first kappa shape index (κ1) is 24.4. The fourth-order valence-corrected chi connectivity index (χ4v) is 4.71. The molecule has 2 amide bonds. The summed E-state index contributed by atoms with van der Waals surface area (Å²) in [6.45, 7) is 3.90. The van der Waals surface area contributed by atoms with Crippen molar-refractivity contribution in [1.82, 2.24) is 25.4 Å². The number of nitrogens with zero attached hydrogens (tertiary/aromatic N) is 5. The van der Waals surface area contributed by atoms with Crippen LogP contribution in [0.5, 0.6) is 0 Å². The van der Waals surface area contributed by atoms with Crippen molar-refractivity contribution in [1.29, 1.82) is 0 Å². The monoisotopic (exact) mass is 471 g/mol. The van der Waals surface area contributed by atoms with Gasteiger partial charge in [0, 0.05) is 25.7 Å². The second-order valence-electron chi connectivity index (χ2n) is 8.71. The van der Waals surface area contributed by atoms with E-state index in [1.807, 2.05) is 18.9 Å². The topological polar surface area (TPSA) is 114 Å². The van der Waals surface area contributed by atoms with Gasteiger partial charge in [-0.15, -0.1) is 0 Å². The first-order valence-electron chi connectivity index (χ1n) is 10.9. The molecule has 1 aliphatic heterocycles. The summed E-state index contributed by atoms with van der Waals surface area (Å²) in [6.07, 6.45) is 5.00. The van der Waals surface area contributed by atoms with Gasteiger partial charge in [0.05, 0.1) is 12.5 Å². The molecule has 1 aromatic rings. The number of nitrogens with one attached hydrogen (secondary N) is 2. The summed E-state index contributed by atoms with van der Waals surface area (Å²) in [5.41, 5.74) is 4.98. The molecule has 3 N–H and O–H groups in total. The average Bonchev–Trinajstić information content (AvgIpc) is 3.26. The van der Waals surface area contributed by atoms with E-state index < -0.39 is 17.6 Å². The lowest BCUT2D eigenvalue weighted by atomic mass is 9.92. The van der Waals surface area contributed by atoms with Crippen LogP contribution in [0, 0.1) is 17.7 Å². The summed E-state index contributed by atoms with van der Waals surface area (Å²) in [7, 11) is 2.00. The molecule has 12 heteroatoms. The third-order valence-corrected chi connectivity index (χ3v) is 6.37. The molecular formula is C20H31ClFN7O3. The van der Waals surface area contributed by atoms with Gasteiger partial charge in [0.2, 0.25) is 23.4 Å². The van der Waals surface area contributed by atoms with Crippen LogP contribution in [0.25, 0.3) is 0 Å². The zero-order valence-electron chi connectivity index (χ0n) is 18.4. The van der Waals surface area contributed by atoms with Gasteiger partial charge < -0.3 is 9.80 Å². The Morgan fingerprint density at radius 1 is 1.38 bits per heavy atom. The van der Waals surface area contributed by atoms with E-state index in [0.717, 1.165) is 38.8 Å². The molecule has 2 heterocycles. The predicted molar refractivity (Wildman–Crippen MR) is 118 cm³/mol. The molecule has 1 saturated heterocycles. The van der Waals surface area contributed by atoms with Gasteiger partial charge in [-0.2, -0.15) is 14.4 Å². The Morgan fingerprint density at radius 2 is 2.09 bits per heavy atom. The SMILES string of the molecule is C[C@@H]1CN(C)CCN1c1nc(Cl)nc(NNC(=O)[C@@H](CC2CCCC2)CN(O)C=O)c1F. The van der Waals surface area contributed by atoms with Gasteiger partial charge in [0.15, 0.2) is 11.6 Å². The summed E-state index contributed by atoms with van der Waals surface area (Å²) in [5, 5.41) is 9.91. The maximum absolute atomic E-state index is 15.2. The number of hydrazine groups is 1. The van der Waals surface area contributed by atoms with E-state index in [-0.39, 0.29) is 35.9 Å². The summed E-state index contributed by atoms with van der Waals surface area (Å²) in [5.74, 6) is -1.65. The Bertz CT molecular complexity index is 812. The number of anilines is 2. The van der Waals surface area contributed by atoms with Crippen LogP contribution < -0.4 is 15.8 Å². The summed E-state index contributed by atoms with van der Waals surface area (Å²) in [6, 6.07) is 0.0197. The number of amides is 2. The number of rotatable bonds is 9. The molecule has 0 aromatic carbocycles. The highest BCUT2D eigenvalue weighted by Crippen LogP contribution is 2.31. The molecule has 0 unspecified atom stereocenters. The lowest BCUT2D eigenvalue weighted by Gasteiger charge is -2.39. The van der Waals surface area contributed by atoms with Crippen molar-refractivity contribution in [2.24, 2.45) is 11.8 Å². The van der Waals surface area contributed by atoms with E-state index in [2.05, 4.69) is 25.7 Å². The van der Waals surface area contributed by atoms with E-state index in [1.54, 1.807) is 0 Å². The fraction of sp³-hybridized carbons (Fsp3) is 0.700. The van der Waals surface area contributed by atoms with E-state index in [4.69, 9.17) is 11.6 Å². The highest BCUT2D eigenvalue weighted by atomic mass is 35.5. The molecule has 0 radical (unpaired) electrons. The molecule has 1 aliphatic carbocycles. The lowest BCUT2D eigenvalue weighted by Crippen LogP contribution is -2.51. The van der Waals surface area contributed by atoms with Gasteiger partial charge in [0.25, 0.3) is 0 Å². The van der Waals surface area contributed by atoms with Crippen molar-refractivity contribution in [3.63, 3.8) is 0 Å². The van der Waals surface area contributed by atoms with Crippen LogP contribution in [-0.2, 0) is 9.59 Å². The third-order valence-electron chi connectivity index (χ3n) is 6.21. The molecule has 1 saturated carbocycles. The zero-order chi connectivity index (χ0) is 23.3. The molecule has 0 spiro atoms. The molecule has 10 nitrogen and oxygen atoms in total. The summed E-state index contributed by atoms with van der Waals surface area (Å²) in [4.78, 5) is 35.5. The second kappa shape index (κ2) is 11.1. The van der Waals surface area contributed by atoms with E-state index in [0.29, 0.717) is 23.9 Å². The summed E-state index contributed by atoms with van der Waals surface area (Å²) < 4.78 is 15.2. The van der Waals surface area contributed by atoms with Crippen LogP contribution in [0.3, 0.4) is 0 Å². The van der Waals surface area contributed by atoms with Crippen molar-refractivity contribution in [2.75, 3.05) is 43.6 Å². The molecule has 2 aliphatic rings. The molecule has 32 heavy (non-hydrogen) atoms. The Hall–Kier alpha value is -2.24. The van der Waals surface area contributed by atoms with Gasteiger partial charge in [-0.05, 0) is 37.9 Å². The predicted octanol–water partition coefficient (Wildman–Crippen LogP) is 1.90. The smallest absolute Gasteiger partial charge is 0.243 e. The molecule has 0 bridgehead atoms. The van der Waals surface area contributed by atoms with E-state index >= 15 is 4.39 Å². The number of halogens is 2. The Labute approximate surface area is 192 Å². The largest absolute Gasteiger partial charge is 0.349 e. The average molecular weight is 472 g/mol. The van der Waals surface area contributed by atoms with Crippen LogP contribution in [0.1, 0.15) is 39.0 Å². The number of aromatic nitrogens is 2. The van der Waals surface area contributed by atoms with Gasteiger partial charge in [-0.25, -0.2) is 5.06 Å². The van der Waals surface area contributed by atoms with Gasteiger partial charge in [-0.3, -0.25) is 25.6 Å². The van der Waals surface area contributed by atoms with Crippen LogP contribution in [0.2, 0.25) is 5.28 Å². The summed E-state index contributed by atoms with van der Waals surface area (Å²) >= 11 is 6.04. The fourth-order valence-electron chi connectivity index (χ4n) is 4.54. The molecule has 2 fully saturated rings. The zero-order valence-corrected chi connectivity index (χ0v) is 19.2. The number of carbonyl (C=O) groups excluding carboxylic acids is 2. The number of carbonyl (C=O) groups is 2. The number of hydrogen-bond acceptors (Lipinski definition) is 8. The molecule has 3 rings (SSSR count). The first-order valence-corrected chi connectivity index (χ1v) is 11.3. The normalized spacial score (nSPS) is 20.8. The molecular weight excluding hydrogens is 441 g/mol. The van der Waals surface area contributed by atoms with Crippen LogP contribution in [-0.4, -0.2) is 76.7 Å². The van der Waals surface area contributed by atoms with E-state index in [9.17, 15) is 14.8 Å². The van der Waals surface area contributed by atoms with Crippen molar-refractivity contribution < 1.29 is 19.2 Å². The highest BCUT2D eigenvalue weighted by Gasteiger charge is 2.29. The number of piperazine rings is 1.